The summed E-state index contributed by atoms with van der Waals surface area (Å²) >= 11 is 0. The highest BCUT2D eigenvalue weighted by molar-refractivity contribution is 5.86. The lowest BCUT2D eigenvalue weighted by atomic mass is 9.99. The van der Waals surface area contributed by atoms with Gasteiger partial charge in [0.15, 0.2) is 0 Å². The first kappa shape index (κ1) is 18.2. The zero-order valence-corrected chi connectivity index (χ0v) is 15.3. The van der Waals surface area contributed by atoms with Crippen molar-refractivity contribution in [3.05, 3.63) is 42.7 Å². The van der Waals surface area contributed by atoms with E-state index in [0.29, 0.717) is 25.4 Å². The fraction of sp³-hybridized carbons (Fsp3) is 0.450. The minimum Gasteiger partial charge on any atom is -0.352 e. The third-order valence-electron chi connectivity index (χ3n) is 5.00. The van der Waals surface area contributed by atoms with Crippen LogP contribution in [0.1, 0.15) is 25.6 Å². The van der Waals surface area contributed by atoms with Crippen LogP contribution in [0.3, 0.4) is 0 Å². The summed E-state index contributed by atoms with van der Waals surface area (Å²) in [4.78, 5) is 30.8. The van der Waals surface area contributed by atoms with Gasteiger partial charge in [-0.15, -0.1) is 0 Å². The number of rotatable bonds is 6. The van der Waals surface area contributed by atoms with Crippen LogP contribution in [-0.2, 0) is 22.6 Å². The van der Waals surface area contributed by atoms with E-state index in [0.717, 1.165) is 42.8 Å². The summed E-state index contributed by atoms with van der Waals surface area (Å²) < 4.78 is 1.98. The van der Waals surface area contributed by atoms with Crippen molar-refractivity contribution in [1.29, 1.82) is 0 Å². The number of piperidine rings is 1. The van der Waals surface area contributed by atoms with Crippen LogP contribution in [-0.4, -0.2) is 45.9 Å². The molecule has 0 unspecified atom stereocenters. The summed E-state index contributed by atoms with van der Waals surface area (Å²) in [5, 5.41) is 2.77. The molecule has 2 amide bonds. The molecule has 6 heteroatoms. The maximum Gasteiger partial charge on any atom is 0.243 e. The second kappa shape index (κ2) is 8.17. The number of hydrogen-bond donors (Lipinski definition) is 1. The van der Waals surface area contributed by atoms with Crippen molar-refractivity contribution in [3.8, 4) is 0 Å². The molecule has 0 bridgehead atoms. The number of para-hydroxylation sites is 2. The number of benzene rings is 1. The predicted octanol–water partition coefficient (Wildman–Crippen LogP) is 2.14. The lowest BCUT2D eigenvalue weighted by molar-refractivity contribution is -0.133. The number of fused-ring (bicyclic) bond motifs is 1. The number of imidazole rings is 1. The summed E-state index contributed by atoms with van der Waals surface area (Å²) in [7, 11) is 0. The number of nitrogens with one attached hydrogen (secondary N) is 1. The minimum absolute atomic E-state index is 0.136. The van der Waals surface area contributed by atoms with Crippen molar-refractivity contribution >= 4 is 22.8 Å². The van der Waals surface area contributed by atoms with Gasteiger partial charge in [0.25, 0.3) is 0 Å². The van der Waals surface area contributed by atoms with E-state index >= 15 is 0 Å². The molecule has 3 rings (SSSR count). The molecule has 6 nitrogen and oxygen atoms in total. The Labute approximate surface area is 153 Å². The van der Waals surface area contributed by atoms with Gasteiger partial charge in [0.1, 0.15) is 12.4 Å². The molecule has 0 saturated carbocycles. The molecule has 138 valence electrons. The van der Waals surface area contributed by atoms with Gasteiger partial charge < -0.3 is 14.8 Å². The Kier molecular flexibility index (Phi) is 5.71. The molecule has 1 N–H and O–H groups in total. The molecule has 0 spiro atoms. The van der Waals surface area contributed by atoms with Gasteiger partial charge in [0, 0.05) is 26.1 Å². The molecule has 1 fully saturated rings. The summed E-state index contributed by atoms with van der Waals surface area (Å²) in [6.07, 6.45) is 3.95. The van der Waals surface area contributed by atoms with Crippen LogP contribution in [0.5, 0.6) is 0 Å². The molecule has 2 aromatic rings. The highest BCUT2D eigenvalue weighted by Gasteiger charge is 2.22. The minimum atomic E-state index is -0.203. The van der Waals surface area contributed by atoms with Crippen molar-refractivity contribution in [2.24, 2.45) is 5.92 Å². The summed E-state index contributed by atoms with van der Waals surface area (Å²) in [6.45, 7) is 8.10. The second-order valence-electron chi connectivity index (χ2n) is 6.91. The van der Waals surface area contributed by atoms with Gasteiger partial charge in [-0.3, -0.25) is 9.59 Å². The zero-order chi connectivity index (χ0) is 18.5. The van der Waals surface area contributed by atoms with Gasteiger partial charge in [-0.1, -0.05) is 25.6 Å². The van der Waals surface area contributed by atoms with E-state index in [4.69, 9.17) is 0 Å². The largest absolute Gasteiger partial charge is 0.352 e. The normalized spacial score (nSPS) is 15.2. The average Bonchev–Trinajstić information content (AvgIpc) is 2.99. The van der Waals surface area contributed by atoms with E-state index < -0.39 is 0 Å². The van der Waals surface area contributed by atoms with Crippen LogP contribution in [0.15, 0.2) is 36.9 Å². The Bertz CT molecular complexity index is 803. The molecule has 1 aromatic carbocycles. The Morgan fingerprint density at radius 1 is 1.31 bits per heavy atom. The van der Waals surface area contributed by atoms with Crippen LogP contribution in [0.4, 0.5) is 0 Å². The SMILES string of the molecule is C=CC(=O)NCCc1nc2ccccc2n1CC(=O)N1CCC(C)CC1. The van der Waals surface area contributed by atoms with Gasteiger partial charge >= 0.3 is 0 Å². The monoisotopic (exact) mass is 354 g/mol. The second-order valence-corrected chi connectivity index (χ2v) is 6.91. The number of nitrogens with zero attached hydrogens (tertiary/aromatic N) is 3. The first-order valence-corrected chi connectivity index (χ1v) is 9.20. The number of carbonyl (C=O) groups is 2. The molecule has 0 atom stereocenters. The molecule has 1 saturated heterocycles. The van der Waals surface area contributed by atoms with Crippen molar-refractivity contribution in [2.75, 3.05) is 19.6 Å². The van der Waals surface area contributed by atoms with Crippen LogP contribution >= 0.6 is 0 Å². The Hall–Kier alpha value is -2.63. The maximum absolute atomic E-state index is 12.8. The number of hydrogen-bond acceptors (Lipinski definition) is 3. The highest BCUT2D eigenvalue weighted by Crippen LogP contribution is 2.19. The third-order valence-corrected chi connectivity index (χ3v) is 5.00. The van der Waals surface area contributed by atoms with E-state index in [1.54, 1.807) is 0 Å². The van der Waals surface area contributed by atoms with Crippen LogP contribution in [0, 0.1) is 5.92 Å². The molecule has 26 heavy (non-hydrogen) atoms. The number of aromatic nitrogens is 2. The van der Waals surface area contributed by atoms with Crippen LogP contribution < -0.4 is 5.32 Å². The highest BCUT2D eigenvalue weighted by atomic mass is 16.2. The number of amides is 2. The fourth-order valence-corrected chi connectivity index (χ4v) is 3.36. The van der Waals surface area contributed by atoms with Crippen LogP contribution in [0.2, 0.25) is 0 Å². The fourth-order valence-electron chi connectivity index (χ4n) is 3.36. The summed E-state index contributed by atoms with van der Waals surface area (Å²) in [6, 6.07) is 7.83. The van der Waals surface area contributed by atoms with Gasteiger partial charge in [-0.2, -0.15) is 0 Å². The van der Waals surface area contributed by atoms with E-state index in [1.165, 1.54) is 6.08 Å². The van der Waals surface area contributed by atoms with E-state index in [2.05, 4.69) is 23.8 Å². The van der Waals surface area contributed by atoms with Gasteiger partial charge in [-0.05, 0) is 37.0 Å². The molecule has 0 aliphatic carbocycles. The zero-order valence-electron chi connectivity index (χ0n) is 15.3. The predicted molar refractivity (Wildman–Crippen MR) is 102 cm³/mol. The van der Waals surface area contributed by atoms with Gasteiger partial charge in [-0.25, -0.2) is 4.98 Å². The quantitative estimate of drug-likeness (QED) is 0.808. The van der Waals surface area contributed by atoms with E-state index in [-0.39, 0.29) is 11.8 Å². The smallest absolute Gasteiger partial charge is 0.243 e. The molecule has 2 heterocycles. The maximum atomic E-state index is 12.8. The van der Waals surface area contributed by atoms with Crippen molar-refractivity contribution < 1.29 is 9.59 Å². The Balaban J connectivity index is 1.76. The Morgan fingerprint density at radius 2 is 2.04 bits per heavy atom. The first-order chi connectivity index (χ1) is 12.6. The lowest BCUT2D eigenvalue weighted by Gasteiger charge is -2.30. The van der Waals surface area contributed by atoms with Gasteiger partial charge in [0.2, 0.25) is 11.8 Å². The molecular formula is C20H26N4O2. The average molecular weight is 354 g/mol. The third kappa shape index (κ3) is 4.12. The van der Waals surface area contributed by atoms with Crippen LogP contribution in [0.25, 0.3) is 11.0 Å². The van der Waals surface area contributed by atoms with Crippen molar-refractivity contribution in [1.82, 2.24) is 19.8 Å². The number of carbonyl (C=O) groups excluding carboxylic acids is 2. The molecular weight excluding hydrogens is 328 g/mol. The summed E-state index contributed by atoms with van der Waals surface area (Å²) in [5.41, 5.74) is 1.83. The van der Waals surface area contributed by atoms with Gasteiger partial charge in [0.05, 0.1) is 11.0 Å². The van der Waals surface area contributed by atoms with E-state index in [9.17, 15) is 9.59 Å². The van der Waals surface area contributed by atoms with Crippen molar-refractivity contribution in [2.45, 2.75) is 32.7 Å². The van der Waals surface area contributed by atoms with Crippen molar-refractivity contribution in [3.63, 3.8) is 0 Å². The standard InChI is InChI=1S/C20H26N4O2/c1-3-19(25)21-11-8-18-22-16-6-4-5-7-17(16)24(18)14-20(26)23-12-9-15(2)10-13-23/h3-7,15H,1,8-14H2,2H3,(H,21,25). The molecule has 1 aliphatic rings. The first-order valence-electron chi connectivity index (χ1n) is 9.20. The lowest BCUT2D eigenvalue weighted by Crippen LogP contribution is -2.40. The molecule has 1 aromatic heterocycles. The molecule has 0 radical (unpaired) electrons. The topological polar surface area (TPSA) is 67.2 Å². The molecule has 1 aliphatic heterocycles. The number of likely N-dealkylation sites (tertiary alicyclic amines) is 1. The van der Waals surface area contributed by atoms with E-state index in [1.807, 2.05) is 33.7 Å². The Morgan fingerprint density at radius 3 is 2.77 bits per heavy atom. The summed E-state index contributed by atoms with van der Waals surface area (Å²) in [5.74, 6) is 1.44.